The van der Waals surface area contributed by atoms with Gasteiger partial charge in [-0.1, -0.05) is 0 Å². The second kappa shape index (κ2) is 6.71. The molecule has 104 valence electrons. The first-order valence-electron chi connectivity index (χ1n) is 5.86. The summed E-state index contributed by atoms with van der Waals surface area (Å²) in [7, 11) is 0. The molecule has 1 amide bonds. The number of anilines is 1. The van der Waals surface area contributed by atoms with Gasteiger partial charge in [0.1, 0.15) is 5.69 Å². The van der Waals surface area contributed by atoms with Crippen LogP contribution in [0.4, 0.5) is 5.13 Å². The van der Waals surface area contributed by atoms with Gasteiger partial charge in [0.25, 0.3) is 5.91 Å². The summed E-state index contributed by atoms with van der Waals surface area (Å²) in [5, 5.41) is 4.70. The first-order valence-corrected chi connectivity index (χ1v) is 6.74. The molecule has 20 heavy (non-hydrogen) atoms. The zero-order chi connectivity index (χ0) is 14.4. The molecule has 2 aromatic rings. The predicted molar refractivity (Wildman–Crippen MR) is 72.4 cm³/mol. The van der Waals surface area contributed by atoms with Crippen molar-refractivity contribution in [2.45, 2.75) is 13.3 Å². The van der Waals surface area contributed by atoms with Crippen molar-refractivity contribution in [1.29, 1.82) is 0 Å². The van der Waals surface area contributed by atoms with Gasteiger partial charge >= 0.3 is 5.97 Å². The first kappa shape index (κ1) is 14.1. The number of carbonyl (C=O) groups excluding carboxylic acids is 2. The number of nitrogens with one attached hydrogen (secondary N) is 1. The van der Waals surface area contributed by atoms with Gasteiger partial charge < -0.3 is 4.74 Å². The van der Waals surface area contributed by atoms with Crippen LogP contribution in [-0.2, 0) is 16.0 Å². The fraction of sp³-hybridized carbons (Fsp3) is 0.250. The molecule has 0 saturated heterocycles. The molecule has 0 atom stereocenters. The average molecular weight is 292 g/mol. The Morgan fingerprint density at radius 1 is 1.40 bits per heavy atom. The fourth-order valence-electron chi connectivity index (χ4n) is 1.38. The molecule has 0 saturated carbocycles. The van der Waals surface area contributed by atoms with Gasteiger partial charge in [-0.3, -0.25) is 19.9 Å². The maximum absolute atomic E-state index is 11.8. The van der Waals surface area contributed by atoms with E-state index in [1.54, 1.807) is 12.3 Å². The van der Waals surface area contributed by atoms with Crippen molar-refractivity contribution < 1.29 is 14.3 Å². The maximum Gasteiger partial charge on any atom is 0.311 e. The van der Waals surface area contributed by atoms with Gasteiger partial charge in [0.05, 0.1) is 24.9 Å². The number of nitrogens with zero attached hydrogens (tertiary/aromatic N) is 3. The number of hydrogen-bond donors (Lipinski definition) is 1. The monoisotopic (exact) mass is 292 g/mol. The molecule has 0 aliphatic heterocycles. The number of ether oxygens (including phenoxy) is 1. The third-order valence-corrected chi connectivity index (χ3v) is 3.01. The summed E-state index contributed by atoms with van der Waals surface area (Å²) >= 11 is 1.23. The van der Waals surface area contributed by atoms with E-state index in [4.69, 9.17) is 4.74 Å². The molecule has 2 aromatic heterocycles. The lowest BCUT2D eigenvalue weighted by Crippen LogP contribution is -2.14. The zero-order valence-corrected chi connectivity index (χ0v) is 11.5. The van der Waals surface area contributed by atoms with Crippen LogP contribution in [0.25, 0.3) is 0 Å². The molecular weight excluding hydrogens is 280 g/mol. The Kier molecular flexibility index (Phi) is 4.72. The van der Waals surface area contributed by atoms with Crippen molar-refractivity contribution in [2.24, 2.45) is 0 Å². The van der Waals surface area contributed by atoms with Crippen molar-refractivity contribution in [2.75, 3.05) is 11.9 Å². The van der Waals surface area contributed by atoms with E-state index in [1.807, 2.05) is 0 Å². The van der Waals surface area contributed by atoms with Crippen LogP contribution in [0.3, 0.4) is 0 Å². The van der Waals surface area contributed by atoms with E-state index in [9.17, 15) is 9.59 Å². The van der Waals surface area contributed by atoms with Gasteiger partial charge in [-0.2, -0.15) is 0 Å². The highest BCUT2D eigenvalue weighted by Gasteiger charge is 2.12. The molecule has 0 aliphatic rings. The molecule has 8 heteroatoms. The molecule has 0 unspecified atom stereocenters. The van der Waals surface area contributed by atoms with Gasteiger partial charge in [0.2, 0.25) is 0 Å². The van der Waals surface area contributed by atoms with Crippen molar-refractivity contribution in [1.82, 2.24) is 15.0 Å². The second-order valence-corrected chi connectivity index (χ2v) is 4.53. The molecule has 7 nitrogen and oxygen atoms in total. The van der Waals surface area contributed by atoms with Crippen LogP contribution in [0.5, 0.6) is 0 Å². The standard InChI is InChI=1S/C12H12N4O3S/c1-2-19-10(17)5-8-7-20-12(15-8)16-11(18)9-6-13-3-4-14-9/h3-4,6-7H,2,5H2,1H3,(H,15,16,18). The number of amides is 1. The van der Waals surface area contributed by atoms with E-state index in [0.29, 0.717) is 17.4 Å². The highest BCUT2D eigenvalue weighted by molar-refractivity contribution is 7.14. The first-order chi connectivity index (χ1) is 9.69. The summed E-state index contributed by atoms with van der Waals surface area (Å²) in [5.41, 5.74) is 0.762. The summed E-state index contributed by atoms with van der Waals surface area (Å²) in [6.45, 7) is 2.07. The van der Waals surface area contributed by atoms with Crippen LogP contribution in [0.15, 0.2) is 24.0 Å². The smallest absolute Gasteiger partial charge is 0.311 e. The van der Waals surface area contributed by atoms with Crippen LogP contribution in [-0.4, -0.2) is 33.4 Å². The van der Waals surface area contributed by atoms with E-state index in [2.05, 4.69) is 20.3 Å². The fourth-order valence-corrected chi connectivity index (χ4v) is 2.09. The summed E-state index contributed by atoms with van der Waals surface area (Å²) in [6, 6.07) is 0. The number of carbonyl (C=O) groups is 2. The Bertz CT molecular complexity index is 600. The van der Waals surface area contributed by atoms with Gasteiger partial charge in [0, 0.05) is 17.8 Å². The zero-order valence-electron chi connectivity index (χ0n) is 10.7. The van der Waals surface area contributed by atoms with Crippen molar-refractivity contribution in [3.63, 3.8) is 0 Å². The van der Waals surface area contributed by atoms with Crippen molar-refractivity contribution in [3.05, 3.63) is 35.4 Å². The largest absolute Gasteiger partial charge is 0.466 e. The van der Waals surface area contributed by atoms with Crippen LogP contribution >= 0.6 is 11.3 Å². The van der Waals surface area contributed by atoms with E-state index < -0.39 is 5.91 Å². The predicted octanol–water partition coefficient (Wildman–Crippen LogP) is 1.29. The number of aromatic nitrogens is 3. The lowest BCUT2D eigenvalue weighted by Gasteiger charge is -2.00. The molecule has 0 spiro atoms. The molecule has 0 aliphatic carbocycles. The quantitative estimate of drug-likeness (QED) is 0.834. The van der Waals surface area contributed by atoms with Crippen LogP contribution in [0.2, 0.25) is 0 Å². The number of esters is 1. The average Bonchev–Trinajstić information content (AvgIpc) is 2.87. The molecule has 2 heterocycles. The molecule has 2 rings (SSSR count). The highest BCUT2D eigenvalue weighted by Crippen LogP contribution is 2.16. The lowest BCUT2D eigenvalue weighted by atomic mass is 10.3. The van der Waals surface area contributed by atoms with E-state index in [0.717, 1.165) is 0 Å². The van der Waals surface area contributed by atoms with E-state index in [1.165, 1.54) is 29.9 Å². The maximum atomic E-state index is 11.8. The summed E-state index contributed by atoms with van der Waals surface area (Å²) < 4.78 is 4.83. The number of thiazole rings is 1. The third-order valence-electron chi connectivity index (χ3n) is 2.20. The molecule has 0 radical (unpaired) electrons. The van der Waals surface area contributed by atoms with Crippen LogP contribution in [0, 0.1) is 0 Å². The Morgan fingerprint density at radius 2 is 2.25 bits per heavy atom. The second-order valence-electron chi connectivity index (χ2n) is 3.67. The number of rotatable bonds is 5. The molecule has 0 fully saturated rings. The Hall–Kier alpha value is -2.35. The molecule has 0 bridgehead atoms. The van der Waals surface area contributed by atoms with Gasteiger partial charge in [-0.15, -0.1) is 11.3 Å². The van der Waals surface area contributed by atoms with Gasteiger partial charge in [-0.05, 0) is 6.92 Å². The summed E-state index contributed by atoms with van der Waals surface area (Å²) in [4.78, 5) is 34.9. The molecule has 0 aromatic carbocycles. The van der Waals surface area contributed by atoms with E-state index in [-0.39, 0.29) is 18.1 Å². The van der Waals surface area contributed by atoms with Crippen LogP contribution in [0.1, 0.15) is 23.1 Å². The summed E-state index contributed by atoms with van der Waals surface area (Å²) in [5.74, 6) is -0.736. The van der Waals surface area contributed by atoms with E-state index >= 15 is 0 Å². The Morgan fingerprint density at radius 3 is 2.95 bits per heavy atom. The lowest BCUT2D eigenvalue weighted by molar-refractivity contribution is -0.142. The number of hydrogen-bond acceptors (Lipinski definition) is 7. The highest BCUT2D eigenvalue weighted by atomic mass is 32.1. The van der Waals surface area contributed by atoms with Crippen molar-refractivity contribution in [3.8, 4) is 0 Å². The third kappa shape index (κ3) is 3.82. The molecule has 1 N–H and O–H groups in total. The topological polar surface area (TPSA) is 94.1 Å². The minimum Gasteiger partial charge on any atom is -0.466 e. The minimum absolute atomic E-state index is 0.0886. The normalized spacial score (nSPS) is 10.1. The Balaban J connectivity index is 1.96. The van der Waals surface area contributed by atoms with Crippen molar-refractivity contribution >= 4 is 28.3 Å². The van der Waals surface area contributed by atoms with Gasteiger partial charge in [-0.25, -0.2) is 9.97 Å². The summed E-state index contributed by atoms with van der Waals surface area (Å²) in [6.07, 6.45) is 4.37. The molecular formula is C12H12N4O3S. The Labute approximate surface area is 119 Å². The minimum atomic E-state index is -0.393. The SMILES string of the molecule is CCOC(=O)Cc1csc(NC(=O)c2cnccn2)n1. The van der Waals surface area contributed by atoms with Gasteiger partial charge in [0.15, 0.2) is 5.13 Å². The van der Waals surface area contributed by atoms with Crippen LogP contribution < -0.4 is 5.32 Å².